The molecule has 1 aromatic rings. The molecular formula is C19H27ClN2O2. The minimum Gasteiger partial charge on any atom is -0.340 e. The van der Waals surface area contributed by atoms with Crippen molar-refractivity contribution in [2.75, 3.05) is 19.6 Å². The standard InChI is InChI=1S/C19H26N2O2.ClH/c1-14-13-21(11-10-20-14)19(23)9-8-18(22)17-7-6-15-4-2-3-5-16(15)12-17;/h6-7,12,14,20H,2-5,8-11,13H2,1H3;1H. The van der Waals surface area contributed by atoms with Gasteiger partial charge in [-0.05, 0) is 49.8 Å². The summed E-state index contributed by atoms with van der Waals surface area (Å²) in [7, 11) is 0. The molecule has 0 bridgehead atoms. The second kappa shape index (κ2) is 8.63. The first kappa shape index (κ1) is 18.9. The highest BCUT2D eigenvalue weighted by atomic mass is 35.5. The number of ketones is 1. The lowest BCUT2D eigenvalue weighted by Gasteiger charge is -2.31. The Morgan fingerprint density at radius 3 is 2.67 bits per heavy atom. The molecule has 1 aliphatic carbocycles. The van der Waals surface area contributed by atoms with E-state index in [2.05, 4.69) is 18.3 Å². The third-order valence-corrected chi connectivity index (χ3v) is 4.96. The van der Waals surface area contributed by atoms with Crippen molar-refractivity contribution in [1.29, 1.82) is 0 Å². The van der Waals surface area contributed by atoms with Crippen LogP contribution in [0.15, 0.2) is 18.2 Å². The van der Waals surface area contributed by atoms with Crippen LogP contribution in [0.3, 0.4) is 0 Å². The average molecular weight is 351 g/mol. The van der Waals surface area contributed by atoms with Crippen molar-refractivity contribution in [2.45, 2.75) is 51.5 Å². The quantitative estimate of drug-likeness (QED) is 0.849. The molecule has 1 amide bonds. The molecule has 0 radical (unpaired) electrons. The fraction of sp³-hybridized carbons (Fsp3) is 0.579. The third-order valence-electron chi connectivity index (χ3n) is 4.96. The highest BCUT2D eigenvalue weighted by Crippen LogP contribution is 2.23. The minimum atomic E-state index is 0. The molecule has 0 saturated carbocycles. The van der Waals surface area contributed by atoms with Gasteiger partial charge in [-0.2, -0.15) is 0 Å². The highest BCUT2D eigenvalue weighted by Gasteiger charge is 2.21. The number of amides is 1. The van der Waals surface area contributed by atoms with E-state index in [-0.39, 0.29) is 24.1 Å². The van der Waals surface area contributed by atoms with Gasteiger partial charge < -0.3 is 10.2 Å². The first-order valence-electron chi connectivity index (χ1n) is 8.79. The van der Waals surface area contributed by atoms with E-state index in [1.807, 2.05) is 17.0 Å². The average Bonchev–Trinajstić information content (AvgIpc) is 2.59. The van der Waals surface area contributed by atoms with Crippen LogP contribution in [0, 0.1) is 0 Å². The van der Waals surface area contributed by atoms with Gasteiger partial charge in [-0.1, -0.05) is 12.1 Å². The van der Waals surface area contributed by atoms with Gasteiger partial charge in [0.15, 0.2) is 5.78 Å². The summed E-state index contributed by atoms with van der Waals surface area (Å²) >= 11 is 0. The number of halogens is 1. The SMILES string of the molecule is CC1CN(C(=O)CCC(=O)c2ccc3c(c2)CCCC3)CCN1.Cl. The molecule has 4 nitrogen and oxygen atoms in total. The van der Waals surface area contributed by atoms with E-state index in [1.165, 1.54) is 24.0 Å². The van der Waals surface area contributed by atoms with Gasteiger partial charge in [-0.3, -0.25) is 9.59 Å². The van der Waals surface area contributed by atoms with Gasteiger partial charge in [0.2, 0.25) is 5.91 Å². The van der Waals surface area contributed by atoms with E-state index in [0.29, 0.717) is 18.9 Å². The molecule has 1 atom stereocenters. The largest absolute Gasteiger partial charge is 0.340 e. The number of carbonyl (C=O) groups excluding carboxylic acids is 2. The Morgan fingerprint density at radius 2 is 1.92 bits per heavy atom. The van der Waals surface area contributed by atoms with Gasteiger partial charge in [0, 0.05) is 44.1 Å². The fourth-order valence-corrected chi connectivity index (χ4v) is 3.59. The molecule has 3 rings (SSSR count). The van der Waals surface area contributed by atoms with Crippen molar-refractivity contribution in [1.82, 2.24) is 10.2 Å². The lowest BCUT2D eigenvalue weighted by molar-refractivity contribution is -0.132. The van der Waals surface area contributed by atoms with Crippen molar-refractivity contribution in [2.24, 2.45) is 0 Å². The number of rotatable bonds is 4. The number of Topliss-reactive ketones (excluding diaryl/α,β-unsaturated/α-hetero) is 1. The Morgan fingerprint density at radius 1 is 1.17 bits per heavy atom. The number of fused-ring (bicyclic) bond motifs is 1. The van der Waals surface area contributed by atoms with Crippen molar-refractivity contribution in [3.05, 3.63) is 34.9 Å². The van der Waals surface area contributed by atoms with Crippen LogP contribution in [-0.2, 0) is 17.6 Å². The lowest BCUT2D eigenvalue weighted by atomic mass is 9.89. The van der Waals surface area contributed by atoms with Crippen molar-refractivity contribution < 1.29 is 9.59 Å². The summed E-state index contributed by atoms with van der Waals surface area (Å²) in [5.41, 5.74) is 3.48. The zero-order chi connectivity index (χ0) is 16.2. The fourth-order valence-electron chi connectivity index (χ4n) is 3.59. The normalized spacial score (nSPS) is 20.0. The maximum Gasteiger partial charge on any atom is 0.223 e. The van der Waals surface area contributed by atoms with Gasteiger partial charge in [0.05, 0.1) is 0 Å². The van der Waals surface area contributed by atoms with Gasteiger partial charge in [-0.25, -0.2) is 0 Å². The summed E-state index contributed by atoms with van der Waals surface area (Å²) in [5.74, 6) is 0.194. The van der Waals surface area contributed by atoms with E-state index in [1.54, 1.807) is 0 Å². The van der Waals surface area contributed by atoms with Crippen LogP contribution in [0.5, 0.6) is 0 Å². The van der Waals surface area contributed by atoms with Gasteiger partial charge in [0.1, 0.15) is 0 Å². The first-order valence-corrected chi connectivity index (χ1v) is 8.79. The molecule has 24 heavy (non-hydrogen) atoms. The maximum atomic E-state index is 12.4. The summed E-state index contributed by atoms with van der Waals surface area (Å²) < 4.78 is 0. The Kier molecular flexibility index (Phi) is 6.81. The monoisotopic (exact) mass is 350 g/mol. The molecule has 1 fully saturated rings. The molecule has 0 aromatic heterocycles. The van der Waals surface area contributed by atoms with Crippen LogP contribution >= 0.6 is 12.4 Å². The van der Waals surface area contributed by atoms with Gasteiger partial charge >= 0.3 is 0 Å². The molecule has 1 aliphatic heterocycles. The number of hydrogen-bond donors (Lipinski definition) is 1. The summed E-state index contributed by atoms with van der Waals surface area (Å²) in [6.45, 7) is 4.41. The topological polar surface area (TPSA) is 49.4 Å². The number of nitrogens with one attached hydrogen (secondary N) is 1. The Labute approximate surface area is 150 Å². The molecule has 5 heteroatoms. The number of hydrogen-bond acceptors (Lipinski definition) is 3. The third kappa shape index (κ3) is 4.58. The number of nitrogens with zero attached hydrogens (tertiary/aromatic N) is 1. The Hall–Kier alpha value is -1.39. The molecule has 1 saturated heterocycles. The number of aryl methyl sites for hydroxylation is 2. The Bertz CT molecular complexity index is 603. The smallest absolute Gasteiger partial charge is 0.223 e. The zero-order valence-corrected chi connectivity index (χ0v) is 15.2. The summed E-state index contributed by atoms with van der Waals surface area (Å²) in [4.78, 5) is 26.5. The second-order valence-corrected chi connectivity index (χ2v) is 6.81. The van der Waals surface area contributed by atoms with Crippen molar-refractivity contribution in [3.8, 4) is 0 Å². The lowest BCUT2D eigenvalue weighted by Crippen LogP contribution is -2.51. The summed E-state index contributed by atoms with van der Waals surface area (Å²) in [5, 5.41) is 3.33. The van der Waals surface area contributed by atoms with Crippen LogP contribution in [0.2, 0.25) is 0 Å². The van der Waals surface area contributed by atoms with Crippen molar-refractivity contribution >= 4 is 24.1 Å². The van der Waals surface area contributed by atoms with Crippen molar-refractivity contribution in [3.63, 3.8) is 0 Å². The maximum absolute atomic E-state index is 12.4. The minimum absolute atomic E-state index is 0. The number of piperazine rings is 1. The molecule has 1 heterocycles. The number of benzene rings is 1. The van der Waals surface area contributed by atoms with E-state index in [0.717, 1.165) is 38.0 Å². The van der Waals surface area contributed by atoms with Crippen LogP contribution in [0.1, 0.15) is 54.1 Å². The summed E-state index contributed by atoms with van der Waals surface area (Å²) in [6, 6.07) is 6.42. The molecule has 0 spiro atoms. The van der Waals surface area contributed by atoms with Crippen LogP contribution < -0.4 is 5.32 Å². The van der Waals surface area contributed by atoms with Gasteiger partial charge in [-0.15, -0.1) is 12.4 Å². The molecule has 1 aromatic carbocycles. The highest BCUT2D eigenvalue weighted by molar-refractivity contribution is 5.98. The van der Waals surface area contributed by atoms with E-state index in [4.69, 9.17) is 0 Å². The predicted molar refractivity (Wildman–Crippen MR) is 97.9 cm³/mol. The van der Waals surface area contributed by atoms with Crippen LogP contribution in [0.25, 0.3) is 0 Å². The molecule has 132 valence electrons. The van der Waals surface area contributed by atoms with Crippen LogP contribution in [-0.4, -0.2) is 42.3 Å². The van der Waals surface area contributed by atoms with Gasteiger partial charge in [0.25, 0.3) is 0 Å². The second-order valence-electron chi connectivity index (χ2n) is 6.81. The zero-order valence-electron chi connectivity index (χ0n) is 14.3. The molecule has 1 unspecified atom stereocenters. The molecule has 2 aliphatic rings. The molecular weight excluding hydrogens is 324 g/mol. The number of carbonyl (C=O) groups is 2. The summed E-state index contributed by atoms with van der Waals surface area (Å²) in [6.07, 6.45) is 5.30. The first-order chi connectivity index (χ1) is 11.1. The van der Waals surface area contributed by atoms with Crippen LogP contribution in [0.4, 0.5) is 0 Å². The van der Waals surface area contributed by atoms with E-state index < -0.39 is 0 Å². The predicted octanol–water partition coefficient (Wildman–Crippen LogP) is 2.77. The van der Waals surface area contributed by atoms with E-state index >= 15 is 0 Å². The van der Waals surface area contributed by atoms with E-state index in [9.17, 15) is 9.59 Å². The Balaban J connectivity index is 0.00000208. The molecule has 1 N–H and O–H groups in total.